The number of esters is 2. The summed E-state index contributed by atoms with van der Waals surface area (Å²) < 4.78 is 41.5. The van der Waals surface area contributed by atoms with E-state index in [1.807, 2.05) is 43.3 Å². The first-order valence-electron chi connectivity index (χ1n) is 10.8. The van der Waals surface area contributed by atoms with Crippen molar-refractivity contribution in [2.75, 3.05) is 33.2 Å². The zero-order chi connectivity index (χ0) is 26.7. The number of oxazole rings is 1. The maximum atomic E-state index is 13.1. The van der Waals surface area contributed by atoms with Gasteiger partial charge in [-0.2, -0.15) is 0 Å². The number of methoxy groups -OCH3 is 2. The van der Waals surface area contributed by atoms with Gasteiger partial charge in [0.1, 0.15) is 5.70 Å². The molecule has 1 unspecified atom stereocenters. The average molecular weight is 545 g/mol. The molecule has 37 heavy (non-hydrogen) atoms. The fraction of sp³-hybridized carbons (Fsp3) is 0.208. The summed E-state index contributed by atoms with van der Waals surface area (Å²) in [5.74, 6) is -0.662. The predicted molar refractivity (Wildman–Crippen MR) is 137 cm³/mol. The van der Waals surface area contributed by atoms with Crippen LogP contribution in [0, 0.1) is 0 Å². The molecule has 3 aromatic rings. The highest BCUT2D eigenvalue weighted by molar-refractivity contribution is 8.03. The lowest BCUT2D eigenvalue weighted by molar-refractivity contribution is -0.144. The summed E-state index contributed by atoms with van der Waals surface area (Å²) in [6.07, 6.45) is 1.60. The molecule has 0 spiro atoms. The van der Waals surface area contributed by atoms with Gasteiger partial charge in [-0.3, -0.25) is 5.01 Å². The van der Waals surface area contributed by atoms with Gasteiger partial charge in [0.2, 0.25) is 5.89 Å². The number of hydrogen-bond donors (Lipinski definition) is 1. The number of ether oxygens (including phenoxy) is 2. The van der Waals surface area contributed by atoms with Gasteiger partial charge >= 0.3 is 11.9 Å². The maximum Gasteiger partial charge on any atom is 0.356 e. The number of nitrogens with one attached hydrogen (secondary N) is 1. The van der Waals surface area contributed by atoms with Crippen molar-refractivity contribution in [3.63, 3.8) is 0 Å². The minimum atomic E-state index is -4.19. The van der Waals surface area contributed by atoms with Gasteiger partial charge in [0.15, 0.2) is 11.1 Å². The third kappa shape index (κ3) is 5.48. The molecule has 0 fully saturated rings. The van der Waals surface area contributed by atoms with Crippen molar-refractivity contribution in [2.24, 2.45) is 0 Å². The zero-order valence-electron chi connectivity index (χ0n) is 20.4. The van der Waals surface area contributed by atoms with Crippen molar-refractivity contribution < 1.29 is 31.9 Å². The smallest absolute Gasteiger partial charge is 0.356 e. The quantitative estimate of drug-likeness (QED) is 0.420. The van der Waals surface area contributed by atoms with Crippen LogP contribution in [0.15, 0.2) is 75.1 Å². The molecule has 4 rings (SSSR count). The van der Waals surface area contributed by atoms with Crippen LogP contribution in [0.1, 0.15) is 0 Å². The molecule has 0 radical (unpaired) electrons. The van der Waals surface area contributed by atoms with E-state index in [4.69, 9.17) is 13.9 Å². The zero-order valence-corrected chi connectivity index (χ0v) is 22.0. The number of rotatable bonds is 8. The van der Waals surface area contributed by atoms with Crippen molar-refractivity contribution in [2.45, 2.75) is 10.3 Å². The summed E-state index contributed by atoms with van der Waals surface area (Å²) in [7, 11) is 2.04. The van der Waals surface area contributed by atoms with E-state index in [2.05, 4.69) is 9.82 Å². The number of benzene rings is 2. The maximum absolute atomic E-state index is 13.1. The number of anilines is 1. The van der Waals surface area contributed by atoms with Gasteiger partial charge < -0.3 is 18.8 Å². The molecule has 1 N–H and O–H groups in total. The number of thioether (sulfide) groups is 1. The van der Waals surface area contributed by atoms with Crippen molar-refractivity contribution in [3.05, 3.63) is 65.8 Å². The second-order valence-electron chi connectivity index (χ2n) is 7.97. The highest BCUT2D eigenvalue weighted by Gasteiger charge is 2.40. The fourth-order valence-electron chi connectivity index (χ4n) is 3.41. The van der Waals surface area contributed by atoms with E-state index in [1.165, 1.54) is 17.5 Å². The lowest BCUT2D eigenvalue weighted by Gasteiger charge is -2.26. The molecule has 1 aliphatic heterocycles. The lowest BCUT2D eigenvalue weighted by atomic mass is 10.1. The number of hydrazine groups is 1. The largest absolute Gasteiger partial charge is 0.467 e. The Hall–Kier alpha value is -3.81. The van der Waals surface area contributed by atoms with Gasteiger partial charge in [0.05, 0.1) is 25.3 Å². The van der Waals surface area contributed by atoms with Crippen LogP contribution in [0.4, 0.5) is 5.69 Å². The molecule has 1 atom stereocenters. The van der Waals surface area contributed by atoms with Crippen LogP contribution in [-0.4, -0.2) is 64.0 Å². The van der Waals surface area contributed by atoms with E-state index in [-0.39, 0.29) is 10.6 Å². The molecule has 0 aliphatic carbocycles. The Bertz CT molecular complexity index is 1430. The van der Waals surface area contributed by atoms with Crippen LogP contribution in [0.2, 0.25) is 0 Å². The van der Waals surface area contributed by atoms with E-state index in [9.17, 15) is 18.0 Å². The van der Waals surface area contributed by atoms with Crippen LogP contribution >= 0.6 is 11.8 Å². The van der Waals surface area contributed by atoms with Crippen molar-refractivity contribution in [3.8, 4) is 22.8 Å². The normalized spacial score (nSPS) is 15.3. The Balaban J connectivity index is 1.53. The predicted octanol–water partition coefficient (Wildman–Crippen LogP) is 2.83. The van der Waals surface area contributed by atoms with Gasteiger partial charge in [0.25, 0.3) is 10.0 Å². The third-order valence-corrected chi connectivity index (χ3v) is 7.75. The molecular formula is C24H24N4O7S2. The molecule has 11 nitrogen and oxygen atoms in total. The molecular weight excluding hydrogens is 520 g/mol. The molecule has 0 saturated heterocycles. The number of aromatic nitrogens is 1. The van der Waals surface area contributed by atoms with E-state index >= 15 is 0 Å². The summed E-state index contributed by atoms with van der Waals surface area (Å²) >= 11 is 0.912. The highest BCUT2D eigenvalue weighted by atomic mass is 32.2. The topological polar surface area (TPSA) is 131 Å². The number of carbonyl (C=O) groups is 2. The van der Waals surface area contributed by atoms with Crippen molar-refractivity contribution in [1.29, 1.82) is 0 Å². The van der Waals surface area contributed by atoms with E-state index in [1.54, 1.807) is 18.3 Å². The minimum Gasteiger partial charge on any atom is -0.467 e. The van der Waals surface area contributed by atoms with Gasteiger partial charge in [-0.15, -0.1) is 4.83 Å². The second-order valence-corrected chi connectivity index (χ2v) is 10.6. The molecule has 13 heteroatoms. The summed E-state index contributed by atoms with van der Waals surface area (Å²) in [4.78, 5) is 32.7. The first-order valence-corrected chi connectivity index (χ1v) is 13.2. The Labute approximate surface area is 218 Å². The van der Waals surface area contributed by atoms with Crippen molar-refractivity contribution in [1.82, 2.24) is 14.8 Å². The minimum absolute atomic E-state index is 0.105. The lowest BCUT2D eigenvalue weighted by Crippen LogP contribution is -2.49. The summed E-state index contributed by atoms with van der Waals surface area (Å²) in [6, 6.07) is 13.6. The molecule has 1 aromatic heterocycles. The molecule has 194 valence electrons. The van der Waals surface area contributed by atoms with Crippen LogP contribution in [0.25, 0.3) is 22.8 Å². The Kier molecular flexibility index (Phi) is 7.57. The van der Waals surface area contributed by atoms with E-state index < -0.39 is 27.3 Å². The first-order chi connectivity index (χ1) is 17.6. The van der Waals surface area contributed by atoms with Gasteiger partial charge in [0, 0.05) is 36.3 Å². The number of sulfonamides is 1. The van der Waals surface area contributed by atoms with Gasteiger partial charge in [-0.05, 0) is 48.5 Å². The standard InChI is InChI=1S/C24H24N4O7S2/c1-27(2)17-9-5-15(6-10-17)20-13-25-21(35-20)16-7-11-18(12-8-16)37(31,32)26-28-19(23(29)33-3)14-36-22(28)24(30)34-4/h5-14,22,26H,1-4H3. The number of nitrogens with zero attached hydrogens (tertiary/aromatic N) is 3. The van der Waals surface area contributed by atoms with Crippen LogP contribution in [0.5, 0.6) is 0 Å². The van der Waals surface area contributed by atoms with Crippen LogP contribution in [-0.2, 0) is 29.1 Å². The number of hydrogen-bond acceptors (Lipinski definition) is 11. The van der Waals surface area contributed by atoms with E-state index in [0.29, 0.717) is 17.2 Å². The van der Waals surface area contributed by atoms with Crippen LogP contribution in [0.3, 0.4) is 0 Å². The molecule has 2 aromatic carbocycles. The summed E-state index contributed by atoms with van der Waals surface area (Å²) in [5, 5.41) is 1.10. The SMILES string of the molecule is COC(=O)C1=CSC(C(=O)OC)N1NS(=O)(=O)c1ccc(-c2ncc(-c3ccc(N(C)C)cc3)o2)cc1. The monoisotopic (exact) mass is 544 g/mol. The van der Waals surface area contributed by atoms with Crippen molar-refractivity contribution >= 4 is 39.4 Å². The molecule has 0 bridgehead atoms. The Morgan fingerprint density at radius 1 is 1.03 bits per heavy atom. The van der Waals surface area contributed by atoms with Gasteiger partial charge in [-0.25, -0.2) is 23.0 Å². The molecule has 2 heterocycles. The molecule has 0 amide bonds. The molecule has 0 saturated carbocycles. The number of carbonyl (C=O) groups excluding carboxylic acids is 2. The van der Waals surface area contributed by atoms with E-state index in [0.717, 1.165) is 42.2 Å². The second kappa shape index (κ2) is 10.7. The Morgan fingerprint density at radius 2 is 1.68 bits per heavy atom. The van der Waals surface area contributed by atoms with Crippen LogP contribution < -0.4 is 9.73 Å². The fourth-order valence-corrected chi connectivity index (χ4v) is 5.50. The third-order valence-electron chi connectivity index (χ3n) is 5.40. The Morgan fingerprint density at radius 3 is 2.27 bits per heavy atom. The molecule has 1 aliphatic rings. The highest BCUT2D eigenvalue weighted by Crippen LogP contribution is 2.32. The summed E-state index contributed by atoms with van der Waals surface area (Å²) in [6.45, 7) is 0. The average Bonchev–Trinajstić information content (AvgIpc) is 3.55. The summed E-state index contributed by atoms with van der Waals surface area (Å²) in [5.41, 5.74) is 2.32. The van der Waals surface area contributed by atoms with Gasteiger partial charge in [-0.1, -0.05) is 11.8 Å². The first kappa shape index (κ1) is 26.3.